The highest BCUT2D eigenvalue weighted by Gasteiger charge is 2.46. The molecule has 2 aliphatic rings. The van der Waals surface area contributed by atoms with Gasteiger partial charge in [0.15, 0.2) is 0 Å². The summed E-state index contributed by atoms with van der Waals surface area (Å²) in [5, 5.41) is 15.5. The molecular formula is C18H29N3O3. The van der Waals surface area contributed by atoms with Crippen molar-refractivity contribution in [3.63, 3.8) is 0 Å². The van der Waals surface area contributed by atoms with Crippen LogP contribution in [0.5, 0.6) is 0 Å². The molecule has 3 heterocycles. The molecule has 0 bridgehead atoms. The molecule has 2 aliphatic heterocycles. The Labute approximate surface area is 143 Å². The van der Waals surface area contributed by atoms with Crippen molar-refractivity contribution in [1.82, 2.24) is 14.7 Å². The van der Waals surface area contributed by atoms with Crippen molar-refractivity contribution in [3.8, 4) is 0 Å². The predicted octanol–water partition coefficient (Wildman–Crippen LogP) is 2.10. The summed E-state index contributed by atoms with van der Waals surface area (Å²) < 4.78 is 7.23. The van der Waals surface area contributed by atoms with Gasteiger partial charge in [0.2, 0.25) is 0 Å². The monoisotopic (exact) mass is 335 g/mol. The smallest absolute Gasteiger partial charge is 0.257 e. The van der Waals surface area contributed by atoms with E-state index in [9.17, 15) is 9.90 Å². The van der Waals surface area contributed by atoms with Gasteiger partial charge in [0.05, 0.1) is 17.4 Å². The number of amides is 1. The summed E-state index contributed by atoms with van der Waals surface area (Å²) in [6, 6.07) is 0.241. The Morgan fingerprint density at radius 3 is 2.71 bits per heavy atom. The number of aromatic nitrogens is 2. The number of carbonyl (C=O) groups excluding carboxylic acids is 1. The van der Waals surface area contributed by atoms with Gasteiger partial charge in [0.25, 0.3) is 5.91 Å². The Morgan fingerprint density at radius 1 is 1.42 bits per heavy atom. The highest BCUT2D eigenvalue weighted by Crippen LogP contribution is 2.39. The molecule has 2 fully saturated rings. The minimum atomic E-state index is -0.678. The second kappa shape index (κ2) is 6.84. The van der Waals surface area contributed by atoms with Gasteiger partial charge in [-0.05, 0) is 39.0 Å². The summed E-state index contributed by atoms with van der Waals surface area (Å²) in [7, 11) is 0. The van der Waals surface area contributed by atoms with Gasteiger partial charge >= 0.3 is 0 Å². The van der Waals surface area contributed by atoms with Gasteiger partial charge in [-0.25, -0.2) is 0 Å². The largest absolute Gasteiger partial charge is 0.389 e. The lowest BCUT2D eigenvalue weighted by atomic mass is 9.70. The van der Waals surface area contributed by atoms with E-state index >= 15 is 0 Å². The van der Waals surface area contributed by atoms with E-state index in [0.29, 0.717) is 25.1 Å². The van der Waals surface area contributed by atoms with E-state index in [1.54, 1.807) is 10.9 Å². The van der Waals surface area contributed by atoms with Crippen molar-refractivity contribution in [2.75, 3.05) is 26.3 Å². The minimum Gasteiger partial charge on any atom is -0.389 e. The Bertz CT molecular complexity index is 580. The van der Waals surface area contributed by atoms with Crippen molar-refractivity contribution < 1.29 is 14.6 Å². The van der Waals surface area contributed by atoms with Crippen molar-refractivity contribution in [3.05, 3.63) is 18.0 Å². The third-order valence-corrected chi connectivity index (χ3v) is 5.72. The zero-order valence-electron chi connectivity index (χ0n) is 14.9. The first kappa shape index (κ1) is 17.4. The van der Waals surface area contributed by atoms with E-state index in [2.05, 4.69) is 12.0 Å². The number of likely N-dealkylation sites (tertiary alicyclic amines) is 1. The maximum Gasteiger partial charge on any atom is 0.257 e. The highest BCUT2D eigenvalue weighted by molar-refractivity contribution is 5.93. The molecular weight excluding hydrogens is 306 g/mol. The summed E-state index contributed by atoms with van der Waals surface area (Å²) in [6.07, 6.45) is 5.93. The number of aliphatic hydroxyl groups is 1. The van der Waals surface area contributed by atoms with E-state index < -0.39 is 5.60 Å². The molecule has 1 aromatic heterocycles. The number of hydrogen-bond donors (Lipinski definition) is 1. The molecule has 2 saturated heterocycles. The molecule has 134 valence electrons. The van der Waals surface area contributed by atoms with E-state index in [0.717, 1.165) is 26.1 Å². The summed E-state index contributed by atoms with van der Waals surface area (Å²) in [6.45, 7) is 8.81. The van der Waals surface area contributed by atoms with E-state index in [1.165, 1.54) is 0 Å². The van der Waals surface area contributed by atoms with Crippen LogP contribution in [-0.2, 0) is 4.74 Å². The van der Waals surface area contributed by atoms with Gasteiger partial charge < -0.3 is 14.7 Å². The fourth-order valence-electron chi connectivity index (χ4n) is 4.04. The summed E-state index contributed by atoms with van der Waals surface area (Å²) in [5.41, 5.74) is -0.0460. The highest BCUT2D eigenvalue weighted by atomic mass is 16.5. The summed E-state index contributed by atoms with van der Waals surface area (Å²) in [5.74, 6) is 0.364. The maximum absolute atomic E-state index is 12.7. The Kier molecular flexibility index (Phi) is 4.97. The van der Waals surface area contributed by atoms with Crippen molar-refractivity contribution >= 4 is 5.91 Å². The SMILES string of the molecule is CC(C)n1cc(C(=O)N2CCC(O)(C3CCOCC3)C(C)C2)cn1. The normalized spacial score (nSPS) is 29.2. The fourth-order valence-corrected chi connectivity index (χ4v) is 4.04. The van der Waals surface area contributed by atoms with Crippen molar-refractivity contribution in [2.24, 2.45) is 11.8 Å². The molecule has 6 heteroatoms. The molecule has 24 heavy (non-hydrogen) atoms. The number of rotatable bonds is 3. The first-order valence-electron chi connectivity index (χ1n) is 9.05. The quantitative estimate of drug-likeness (QED) is 0.918. The molecule has 0 radical (unpaired) electrons. The first-order chi connectivity index (χ1) is 11.4. The Hall–Kier alpha value is -1.40. The van der Waals surface area contributed by atoms with Crippen LogP contribution in [0, 0.1) is 11.8 Å². The third-order valence-electron chi connectivity index (χ3n) is 5.72. The van der Waals surface area contributed by atoms with Crippen LogP contribution in [0.1, 0.15) is 56.4 Å². The molecule has 0 spiro atoms. The standard InChI is InChI=1S/C18H29N3O3/c1-13(2)21-12-15(10-19-21)17(22)20-7-6-18(23,14(3)11-20)16-4-8-24-9-5-16/h10,12-14,16,23H,4-9,11H2,1-3H3. The van der Waals surface area contributed by atoms with Gasteiger partial charge in [-0.3, -0.25) is 9.48 Å². The first-order valence-corrected chi connectivity index (χ1v) is 9.05. The molecule has 2 atom stereocenters. The van der Waals surface area contributed by atoms with E-state index in [-0.39, 0.29) is 23.8 Å². The molecule has 0 saturated carbocycles. The molecule has 3 rings (SSSR count). The average Bonchev–Trinajstić information content (AvgIpc) is 3.08. The van der Waals surface area contributed by atoms with Crippen LogP contribution in [0.3, 0.4) is 0 Å². The zero-order valence-corrected chi connectivity index (χ0v) is 14.9. The predicted molar refractivity (Wildman–Crippen MR) is 90.8 cm³/mol. The molecule has 0 aromatic carbocycles. The van der Waals surface area contributed by atoms with Crippen LogP contribution in [0.2, 0.25) is 0 Å². The lowest BCUT2D eigenvalue weighted by molar-refractivity contribution is -0.125. The lowest BCUT2D eigenvalue weighted by Gasteiger charge is -2.48. The number of nitrogens with zero attached hydrogens (tertiary/aromatic N) is 3. The summed E-state index contributed by atoms with van der Waals surface area (Å²) >= 11 is 0. The van der Waals surface area contributed by atoms with Crippen LogP contribution >= 0.6 is 0 Å². The van der Waals surface area contributed by atoms with Gasteiger partial charge in [0.1, 0.15) is 0 Å². The maximum atomic E-state index is 12.7. The zero-order chi connectivity index (χ0) is 17.3. The number of ether oxygens (including phenoxy) is 1. The van der Waals surface area contributed by atoms with Gasteiger partial charge in [0, 0.05) is 44.5 Å². The van der Waals surface area contributed by atoms with Gasteiger partial charge in [-0.2, -0.15) is 5.10 Å². The minimum absolute atomic E-state index is 0.0165. The molecule has 2 unspecified atom stereocenters. The number of hydrogen-bond acceptors (Lipinski definition) is 4. The average molecular weight is 335 g/mol. The summed E-state index contributed by atoms with van der Waals surface area (Å²) in [4.78, 5) is 14.6. The van der Waals surface area contributed by atoms with E-state index in [1.807, 2.05) is 24.9 Å². The Balaban J connectivity index is 1.66. The second-order valence-corrected chi connectivity index (χ2v) is 7.58. The van der Waals surface area contributed by atoms with Crippen LogP contribution in [0.15, 0.2) is 12.4 Å². The second-order valence-electron chi connectivity index (χ2n) is 7.58. The van der Waals surface area contributed by atoms with E-state index in [4.69, 9.17) is 4.74 Å². The van der Waals surface area contributed by atoms with Gasteiger partial charge in [-0.15, -0.1) is 0 Å². The van der Waals surface area contributed by atoms with Crippen LogP contribution in [-0.4, -0.2) is 57.6 Å². The van der Waals surface area contributed by atoms with Crippen LogP contribution < -0.4 is 0 Å². The molecule has 1 N–H and O–H groups in total. The molecule has 1 aromatic rings. The Morgan fingerprint density at radius 2 is 2.12 bits per heavy atom. The van der Waals surface area contributed by atoms with Crippen LogP contribution in [0.4, 0.5) is 0 Å². The molecule has 1 amide bonds. The number of carbonyl (C=O) groups is 1. The van der Waals surface area contributed by atoms with Gasteiger partial charge in [-0.1, -0.05) is 6.92 Å². The van der Waals surface area contributed by atoms with Crippen LogP contribution in [0.25, 0.3) is 0 Å². The lowest BCUT2D eigenvalue weighted by Crippen LogP contribution is -2.56. The topological polar surface area (TPSA) is 67.6 Å². The third kappa shape index (κ3) is 3.22. The number of piperidine rings is 1. The molecule has 6 nitrogen and oxygen atoms in total. The van der Waals surface area contributed by atoms with Crippen molar-refractivity contribution in [1.29, 1.82) is 0 Å². The van der Waals surface area contributed by atoms with Crippen molar-refractivity contribution in [2.45, 2.75) is 51.7 Å². The fraction of sp³-hybridized carbons (Fsp3) is 0.778. The molecule has 0 aliphatic carbocycles.